The summed E-state index contributed by atoms with van der Waals surface area (Å²) in [6.07, 6.45) is 14.5. The lowest BCUT2D eigenvalue weighted by molar-refractivity contribution is 0.171. The predicted molar refractivity (Wildman–Crippen MR) is 97.5 cm³/mol. The second kappa shape index (κ2) is 8.93. The van der Waals surface area contributed by atoms with Crippen molar-refractivity contribution in [1.29, 1.82) is 0 Å². The quantitative estimate of drug-likeness (QED) is 0.572. The lowest BCUT2D eigenvalue weighted by Crippen LogP contribution is -2.25. The summed E-state index contributed by atoms with van der Waals surface area (Å²) in [5.41, 5.74) is 0.976. The molecule has 0 atom stereocenters. The van der Waals surface area contributed by atoms with Crippen molar-refractivity contribution in [3.8, 4) is 0 Å². The molecule has 3 heteroatoms. The molecule has 1 aromatic rings. The molecule has 2 fully saturated rings. The summed E-state index contributed by atoms with van der Waals surface area (Å²) in [5, 5.41) is 0. The standard InChI is InChI=1S/C22H30F2O/c1-25-14-2-3-16-4-6-17(7-5-16)18-8-10-19(11-9-18)20-12-13-21(23)22(24)15-20/h2-3,12-13,15-19H,4-11,14H2,1H3/t16-,17-,18-,19-. The number of ether oxygens (including phenoxy) is 1. The molecule has 0 heterocycles. The van der Waals surface area contributed by atoms with Crippen LogP contribution < -0.4 is 0 Å². The zero-order valence-corrected chi connectivity index (χ0v) is 15.2. The fraction of sp³-hybridized carbons (Fsp3) is 0.636. The molecular weight excluding hydrogens is 318 g/mol. The van der Waals surface area contributed by atoms with E-state index in [0.717, 1.165) is 36.2 Å². The first-order valence-corrected chi connectivity index (χ1v) is 9.78. The first-order valence-electron chi connectivity index (χ1n) is 9.78. The van der Waals surface area contributed by atoms with E-state index in [0.29, 0.717) is 12.5 Å². The smallest absolute Gasteiger partial charge is 0.159 e. The number of methoxy groups -OCH3 is 1. The minimum Gasteiger partial charge on any atom is -0.381 e. The van der Waals surface area contributed by atoms with Crippen molar-refractivity contribution < 1.29 is 13.5 Å². The average Bonchev–Trinajstić information content (AvgIpc) is 2.65. The van der Waals surface area contributed by atoms with Crippen molar-refractivity contribution in [2.75, 3.05) is 13.7 Å². The predicted octanol–water partition coefficient (Wildman–Crippen LogP) is 6.25. The maximum absolute atomic E-state index is 13.5. The van der Waals surface area contributed by atoms with Gasteiger partial charge in [0, 0.05) is 7.11 Å². The van der Waals surface area contributed by atoms with E-state index in [1.807, 2.05) is 0 Å². The Kier molecular flexibility index (Phi) is 6.63. The molecule has 2 aliphatic rings. The summed E-state index contributed by atoms with van der Waals surface area (Å²) in [6, 6.07) is 4.44. The van der Waals surface area contributed by atoms with Crippen LogP contribution in [0, 0.1) is 29.4 Å². The van der Waals surface area contributed by atoms with Crippen LogP contribution in [0.25, 0.3) is 0 Å². The Morgan fingerprint density at radius 2 is 1.56 bits per heavy atom. The van der Waals surface area contributed by atoms with Crippen LogP contribution in [0.1, 0.15) is 62.8 Å². The SMILES string of the molecule is COCC=C[C@H]1CC[C@H]([C@H]2CC[C@H](c3ccc(F)c(F)c3)CC2)CC1. The van der Waals surface area contributed by atoms with E-state index in [-0.39, 0.29) is 0 Å². The molecule has 0 amide bonds. The van der Waals surface area contributed by atoms with E-state index in [9.17, 15) is 8.78 Å². The second-order valence-electron chi connectivity index (χ2n) is 7.84. The molecule has 1 aromatic carbocycles. The summed E-state index contributed by atoms with van der Waals surface area (Å²) in [7, 11) is 1.73. The Morgan fingerprint density at radius 3 is 2.16 bits per heavy atom. The summed E-state index contributed by atoms with van der Waals surface area (Å²) in [6.45, 7) is 0.716. The van der Waals surface area contributed by atoms with Gasteiger partial charge in [-0.3, -0.25) is 0 Å². The molecular formula is C22H30F2O. The van der Waals surface area contributed by atoms with Crippen molar-refractivity contribution >= 4 is 0 Å². The molecule has 0 aromatic heterocycles. The number of hydrogen-bond donors (Lipinski definition) is 0. The maximum Gasteiger partial charge on any atom is 0.159 e. The first kappa shape index (κ1) is 18.6. The zero-order valence-electron chi connectivity index (χ0n) is 15.2. The molecule has 0 N–H and O–H groups in total. The molecule has 25 heavy (non-hydrogen) atoms. The molecule has 3 rings (SSSR count). The highest BCUT2D eigenvalue weighted by Gasteiger charge is 2.30. The van der Waals surface area contributed by atoms with Gasteiger partial charge in [-0.1, -0.05) is 18.2 Å². The molecule has 2 aliphatic carbocycles. The van der Waals surface area contributed by atoms with E-state index >= 15 is 0 Å². The second-order valence-corrected chi connectivity index (χ2v) is 7.84. The average molecular weight is 348 g/mol. The highest BCUT2D eigenvalue weighted by molar-refractivity contribution is 5.22. The van der Waals surface area contributed by atoms with Crippen LogP contribution >= 0.6 is 0 Å². The van der Waals surface area contributed by atoms with E-state index in [1.165, 1.54) is 50.7 Å². The molecule has 0 spiro atoms. The van der Waals surface area contributed by atoms with Gasteiger partial charge in [0.1, 0.15) is 0 Å². The Hall–Kier alpha value is -1.22. The zero-order chi connectivity index (χ0) is 17.6. The monoisotopic (exact) mass is 348 g/mol. The molecule has 0 saturated heterocycles. The van der Waals surface area contributed by atoms with Crippen LogP contribution in [0.3, 0.4) is 0 Å². The van der Waals surface area contributed by atoms with Crippen molar-refractivity contribution in [3.05, 3.63) is 47.5 Å². The fourth-order valence-corrected chi connectivity index (χ4v) is 4.84. The highest BCUT2D eigenvalue weighted by atomic mass is 19.2. The van der Waals surface area contributed by atoms with Gasteiger partial charge >= 0.3 is 0 Å². The maximum atomic E-state index is 13.5. The van der Waals surface area contributed by atoms with Crippen molar-refractivity contribution in [3.63, 3.8) is 0 Å². The molecule has 2 saturated carbocycles. The topological polar surface area (TPSA) is 9.23 Å². The van der Waals surface area contributed by atoms with Crippen LogP contribution in [0.4, 0.5) is 8.78 Å². The van der Waals surface area contributed by atoms with Gasteiger partial charge in [-0.05, 0) is 92.7 Å². The largest absolute Gasteiger partial charge is 0.381 e. The Bertz CT molecular complexity index is 567. The summed E-state index contributed by atoms with van der Waals surface area (Å²) >= 11 is 0. The molecule has 0 unspecified atom stereocenters. The van der Waals surface area contributed by atoms with Gasteiger partial charge in [0.25, 0.3) is 0 Å². The number of rotatable bonds is 5. The number of hydrogen-bond acceptors (Lipinski definition) is 1. The van der Waals surface area contributed by atoms with Crippen molar-refractivity contribution in [2.24, 2.45) is 17.8 Å². The summed E-state index contributed by atoms with van der Waals surface area (Å²) in [5.74, 6) is 1.36. The van der Waals surface area contributed by atoms with E-state index in [2.05, 4.69) is 12.2 Å². The van der Waals surface area contributed by atoms with E-state index in [1.54, 1.807) is 13.2 Å². The van der Waals surface area contributed by atoms with E-state index < -0.39 is 11.6 Å². The summed E-state index contributed by atoms with van der Waals surface area (Å²) < 4.78 is 31.7. The van der Waals surface area contributed by atoms with Gasteiger partial charge < -0.3 is 4.74 Å². The highest BCUT2D eigenvalue weighted by Crippen LogP contribution is 2.44. The van der Waals surface area contributed by atoms with Gasteiger partial charge in [-0.15, -0.1) is 0 Å². The first-order chi connectivity index (χ1) is 12.2. The fourth-order valence-electron chi connectivity index (χ4n) is 4.84. The van der Waals surface area contributed by atoms with Crippen molar-refractivity contribution in [2.45, 2.75) is 57.3 Å². The Labute approximate surface area is 150 Å². The lowest BCUT2D eigenvalue weighted by Gasteiger charge is -2.37. The number of allylic oxidation sites excluding steroid dienone is 1. The number of halogens is 2. The van der Waals surface area contributed by atoms with Crippen LogP contribution in [0.2, 0.25) is 0 Å². The third-order valence-electron chi connectivity index (χ3n) is 6.34. The molecule has 0 bridgehead atoms. The molecule has 0 radical (unpaired) electrons. The van der Waals surface area contributed by atoms with Crippen LogP contribution in [-0.4, -0.2) is 13.7 Å². The van der Waals surface area contributed by atoms with Crippen molar-refractivity contribution in [1.82, 2.24) is 0 Å². The number of benzene rings is 1. The molecule has 0 aliphatic heterocycles. The van der Waals surface area contributed by atoms with Gasteiger partial charge in [0.2, 0.25) is 0 Å². The van der Waals surface area contributed by atoms with Crippen LogP contribution in [0.15, 0.2) is 30.4 Å². The minimum atomic E-state index is -0.742. The van der Waals surface area contributed by atoms with Crippen LogP contribution in [0.5, 0.6) is 0 Å². The van der Waals surface area contributed by atoms with Gasteiger partial charge in [-0.2, -0.15) is 0 Å². The minimum absolute atomic E-state index is 0.402. The van der Waals surface area contributed by atoms with Gasteiger partial charge in [-0.25, -0.2) is 8.78 Å². The lowest BCUT2D eigenvalue weighted by atomic mass is 9.68. The summed E-state index contributed by atoms with van der Waals surface area (Å²) in [4.78, 5) is 0. The molecule has 138 valence electrons. The van der Waals surface area contributed by atoms with Crippen LogP contribution in [-0.2, 0) is 4.74 Å². The van der Waals surface area contributed by atoms with Gasteiger partial charge in [0.05, 0.1) is 6.61 Å². The van der Waals surface area contributed by atoms with E-state index in [4.69, 9.17) is 4.74 Å². The third kappa shape index (κ3) is 4.91. The van der Waals surface area contributed by atoms with Gasteiger partial charge in [0.15, 0.2) is 11.6 Å². The Morgan fingerprint density at radius 1 is 0.920 bits per heavy atom. The molecule has 1 nitrogen and oxygen atoms in total. The third-order valence-corrected chi connectivity index (χ3v) is 6.34. The normalized spacial score (nSPS) is 30.7. The Balaban J connectivity index is 1.46.